The van der Waals surface area contributed by atoms with Crippen LogP contribution in [-0.2, 0) is 4.74 Å². The fraction of sp³-hybridized carbons (Fsp3) is 0.364. The van der Waals surface area contributed by atoms with Crippen molar-refractivity contribution in [3.8, 4) is 0 Å². The molecule has 3 N–H and O–H groups in total. The van der Waals surface area contributed by atoms with Gasteiger partial charge in [0, 0.05) is 4.90 Å². The molecule has 1 rings (SSSR count). The number of hydrogen-bond donors (Lipinski definition) is 2. The number of nitrogens with two attached hydrogens (primary N) is 1. The Kier molecular flexibility index (Phi) is 4.98. The van der Waals surface area contributed by atoms with E-state index in [1.165, 1.54) is 7.11 Å². The van der Waals surface area contributed by atoms with Gasteiger partial charge in [-0.05, 0) is 30.4 Å². The molecule has 0 unspecified atom stereocenters. The summed E-state index contributed by atoms with van der Waals surface area (Å²) in [5.41, 5.74) is 6.87. The molecule has 0 heterocycles. The SMILES string of the molecule is CCCSc1ccc(N)c(NC(=O)OC)c1. The summed E-state index contributed by atoms with van der Waals surface area (Å²) < 4.78 is 4.52. The van der Waals surface area contributed by atoms with Crippen molar-refractivity contribution >= 4 is 29.2 Å². The second-order valence-corrected chi connectivity index (χ2v) is 4.38. The van der Waals surface area contributed by atoms with E-state index in [2.05, 4.69) is 17.0 Å². The van der Waals surface area contributed by atoms with Gasteiger partial charge in [0.25, 0.3) is 0 Å². The van der Waals surface area contributed by atoms with Crippen LogP contribution in [-0.4, -0.2) is 19.0 Å². The van der Waals surface area contributed by atoms with Crippen LogP contribution in [0.3, 0.4) is 0 Å². The largest absolute Gasteiger partial charge is 0.453 e. The lowest BCUT2D eigenvalue weighted by molar-refractivity contribution is 0.187. The molecule has 5 heteroatoms. The van der Waals surface area contributed by atoms with Crippen molar-refractivity contribution in [2.75, 3.05) is 23.9 Å². The molecule has 0 aliphatic heterocycles. The van der Waals surface area contributed by atoms with Gasteiger partial charge in [0.1, 0.15) is 0 Å². The average molecular weight is 240 g/mol. The average Bonchev–Trinajstić information content (AvgIpc) is 2.30. The van der Waals surface area contributed by atoms with Crippen molar-refractivity contribution < 1.29 is 9.53 Å². The van der Waals surface area contributed by atoms with Crippen molar-refractivity contribution in [3.63, 3.8) is 0 Å². The predicted octanol–water partition coefficient (Wildman–Crippen LogP) is 2.95. The van der Waals surface area contributed by atoms with Crippen LogP contribution in [0.4, 0.5) is 16.2 Å². The number of nitrogens with one attached hydrogen (secondary N) is 1. The van der Waals surface area contributed by atoms with Crippen LogP contribution in [0.1, 0.15) is 13.3 Å². The number of nitrogen functional groups attached to an aromatic ring is 1. The molecule has 88 valence electrons. The molecule has 0 radical (unpaired) electrons. The van der Waals surface area contributed by atoms with Crippen LogP contribution in [0.25, 0.3) is 0 Å². The van der Waals surface area contributed by atoms with Gasteiger partial charge in [0.2, 0.25) is 0 Å². The second kappa shape index (κ2) is 6.27. The number of carbonyl (C=O) groups is 1. The maximum atomic E-state index is 11.1. The first kappa shape index (κ1) is 12.7. The number of ether oxygens (including phenoxy) is 1. The lowest BCUT2D eigenvalue weighted by Crippen LogP contribution is -2.12. The number of methoxy groups -OCH3 is 1. The molecule has 16 heavy (non-hydrogen) atoms. The highest BCUT2D eigenvalue weighted by molar-refractivity contribution is 7.99. The van der Waals surface area contributed by atoms with E-state index in [9.17, 15) is 4.79 Å². The molecule has 0 aliphatic carbocycles. The normalized spacial score (nSPS) is 9.88. The van der Waals surface area contributed by atoms with Crippen LogP contribution < -0.4 is 11.1 Å². The van der Waals surface area contributed by atoms with E-state index < -0.39 is 6.09 Å². The van der Waals surface area contributed by atoms with Gasteiger partial charge in [0.05, 0.1) is 18.5 Å². The van der Waals surface area contributed by atoms with Crippen molar-refractivity contribution in [2.45, 2.75) is 18.2 Å². The molecule has 0 atom stereocenters. The monoisotopic (exact) mass is 240 g/mol. The zero-order chi connectivity index (χ0) is 12.0. The topological polar surface area (TPSA) is 64.3 Å². The standard InChI is InChI=1S/C11H16N2O2S/c1-3-6-16-8-4-5-9(12)10(7-8)13-11(14)15-2/h4-5,7H,3,6,12H2,1-2H3,(H,13,14). The lowest BCUT2D eigenvalue weighted by Gasteiger charge is -2.09. The molecule has 4 nitrogen and oxygen atoms in total. The molecule has 0 saturated carbocycles. The van der Waals surface area contributed by atoms with Crippen LogP contribution in [0.15, 0.2) is 23.1 Å². The maximum absolute atomic E-state index is 11.1. The number of carbonyl (C=O) groups excluding carboxylic acids is 1. The number of anilines is 2. The molecule has 1 amide bonds. The lowest BCUT2D eigenvalue weighted by atomic mass is 10.3. The molecular formula is C11H16N2O2S. The predicted molar refractivity (Wildman–Crippen MR) is 67.9 cm³/mol. The van der Waals surface area contributed by atoms with Gasteiger partial charge < -0.3 is 10.5 Å². The van der Waals surface area contributed by atoms with Crippen LogP contribution in [0, 0.1) is 0 Å². The third kappa shape index (κ3) is 3.66. The highest BCUT2D eigenvalue weighted by atomic mass is 32.2. The molecular weight excluding hydrogens is 224 g/mol. The minimum Gasteiger partial charge on any atom is -0.453 e. The van der Waals surface area contributed by atoms with Gasteiger partial charge in [-0.2, -0.15) is 0 Å². The van der Waals surface area contributed by atoms with Crippen LogP contribution in [0.5, 0.6) is 0 Å². The van der Waals surface area contributed by atoms with E-state index in [4.69, 9.17) is 5.73 Å². The third-order valence-electron chi connectivity index (χ3n) is 1.92. The first-order chi connectivity index (χ1) is 7.67. The first-order valence-corrected chi connectivity index (χ1v) is 6.03. The number of benzene rings is 1. The quantitative estimate of drug-likeness (QED) is 0.627. The van der Waals surface area contributed by atoms with Crippen molar-refractivity contribution in [2.24, 2.45) is 0 Å². The summed E-state index contributed by atoms with van der Waals surface area (Å²) in [7, 11) is 1.32. The van der Waals surface area contributed by atoms with Gasteiger partial charge in [0.15, 0.2) is 0 Å². The fourth-order valence-corrected chi connectivity index (χ4v) is 1.92. The summed E-state index contributed by atoms with van der Waals surface area (Å²) in [5.74, 6) is 1.04. The van der Waals surface area contributed by atoms with Gasteiger partial charge in [-0.15, -0.1) is 11.8 Å². The first-order valence-electron chi connectivity index (χ1n) is 5.04. The molecule has 0 fully saturated rings. The minimum absolute atomic E-state index is 0.510. The Morgan fingerprint density at radius 1 is 1.56 bits per heavy atom. The van der Waals surface area contributed by atoms with E-state index in [0.717, 1.165) is 17.1 Å². The number of rotatable bonds is 4. The molecule has 0 spiro atoms. The third-order valence-corrected chi connectivity index (χ3v) is 3.12. The van der Waals surface area contributed by atoms with Gasteiger partial charge in [-0.1, -0.05) is 6.92 Å². The number of hydrogen-bond acceptors (Lipinski definition) is 4. The fourth-order valence-electron chi connectivity index (χ4n) is 1.11. The van der Waals surface area contributed by atoms with Gasteiger partial charge >= 0.3 is 6.09 Å². The summed E-state index contributed by atoms with van der Waals surface area (Å²) in [6, 6.07) is 5.58. The summed E-state index contributed by atoms with van der Waals surface area (Å²) in [4.78, 5) is 12.1. The Morgan fingerprint density at radius 3 is 2.94 bits per heavy atom. The summed E-state index contributed by atoms with van der Waals surface area (Å²) >= 11 is 1.73. The zero-order valence-corrected chi connectivity index (χ0v) is 10.3. The van der Waals surface area contributed by atoms with Gasteiger partial charge in [-0.3, -0.25) is 5.32 Å². The van der Waals surface area contributed by atoms with E-state index in [1.54, 1.807) is 17.8 Å². The molecule has 0 aliphatic rings. The Balaban J connectivity index is 2.77. The van der Waals surface area contributed by atoms with E-state index >= 15 is 0 Å². The summed E-state index contributed by atoms with van der Waals surface area (Å²) in [6.07, 6.45) is 0.596. The van der Waals surface area contributed by atoms with Crippen molar-refractivity contribution in [1.82, 2.24) is 0 Å². The molecule has 0 aromatic heterocycles. The second-order valence-electron chi connectivity index (χ2n) is 3.21. The smallest absolute Gasteiger partial charge is 0.411 e. The van der Waals surface area contributed by atoms with Crippen LogP contribution in [0.2, 0.25) is 0 Å². The Labute approximate surface area is 99.5 Å². The Hall–Kier alpha value is -1.36. The highest BCUT2D eigenvalue weighted by Gasteiger charge is 2.05. The molecule has 1 aromatic rings. The van der Waals surface area contributed by atoms with Crippen LogP contribution >= 0.6 is 11.8 Å². The van der Waals surface area contributed by atoms with E-state index in [1.807, 2.05) is 12.1 Å². The van der Waals surface area contributed by atoms with Gasteiger partial charge in [-0.25, -0.2) is 4.79 Å². The van der Waals surface area contributed by atoms with E-state index in [-0.39, 0.29) is 0 Å². The van der Waals surface area contributed by atoms with Crippen molar-refractivity contribution in [1.29, 1.82) is 0 Å². The van der Waals surface area contributed by atoms with E-state index in [0.29, 0.717) is 11.4 Å². The molecule has 0 bridgehead atoms. The number of thioether (sulfide) groups is 1. The maximum Gasteiger partial charge on any atom is 0.411 e. The highest BCUT2D eigenvalue weighted by Crippen LogP contribution is 2.27. The summed E-state index contributed by atoms with van der Waals surface area (Å²) in [6.45, 7) is 2.12. The molecule has 1 aromatic carbocycles. The Bertz CT molecular complexity index is 369. The Morgan fingerprint density at radius 2 is 2.31 bits per heavy atom. The summed E-state index contributed by atoms with van der Waals surface area (Å²) in [5, 5.41) is 2.58. The minimum atomic E-state index is -0.510. The van der Waals surface area contributed by atoms with Crippen molar-refractivity contribution in [3.05, 3.63) is 18.2 Å². The number of amides is 1. The zero-order valence-electron chi connectivity index (χ0n) is 9.45. The molecule has 0 saturated heterocycles.